The molecular formula is C27H27N3O5. The number of urea groups is 1. The third kappa shape index (κ3) is 4.55. The molecule has 1 aliphatic rings. The molecular weight excluding hydrogens is 446 g/mol. The Labute approximate surface area is 204 Å². The number of benzene rings is 3. The van der Waals surface area contributed by atoms with Gasteiger partial charge in [-0.2, -0.15) is 0 Å². The summed E-state index contributed by atoms with van der Waals surface area (Å²) in [5, 5.41) is 2.85. The zero-order chi connectivity index (χ0) is 25.0. The van der Waals surface area contributed by atoms with Gasteiger partial charge in [0.25, 0.3) is 5.91 Å². The Balaban J connectivity index is 1.65. The third-order valence-electron chi connectivity index (χ3n) is 6.13. The van der Waals surface area contributed by atoms with Gasteiger partial charge in [-0.1, -0.05) is 54.6 Å². The largest absolute Gasteiger partial charge is 0.497 e. The van der Waals surface area contributed by atoms with Crippen molar-refractivity contribution < 1.29 is 23.9 Å². The second kappa shape index (κ2) is 9.89. The molecule has 0 aliphatic carbocycles. The Morgan fingerprint density at radius 1 is 0.857 bits per heavy atom. The molecule has 1 N–H and O–H groups in total. The van der Waals surface area contributed by atoms with Gasteiger partial charge in [0, 0.05) is 13.6 Å². The molecule has 0 unspecified atom stereocenters. The Bertz CT molecular complexity index is 1160. The number of ether oxygens (including phenoxy) is 2. The van der Waals surface area contributed by atoms with Gasteiger partial charge in [-0.15, -0.1) is 0 Å². The van der Waals surface area contributed by atoms with Crippen molar-refractivity contribution in [3.05, 3.63) is 95.6 Å². The normalized spacial score (nSPS) is 14.4. The summed E-state index contributed by atoms with van der Waals surface area (Å²) in [5.41, 5.74) is 0.559. The van der Waals surface area contributed by atoms with Gasteiger partial charge >= 0.3 is 6.03 Å². The summed E-state index contributed by atoms with van der Waals surface area (Å²) in [5.74, 6) is 0.354. The number of rotatable bonds is 8. The van der Waals surface area contributed by atoms with Gasteiger partial charge in [0.15, 0.2) is 5.54 Å². The number of hydrogen-bond acceptors (Lipinski definition) is 5. The Kier molecular flexibility index (Phi) is 6.73. The van der Waals surface area contributed by atoms with Gasteiger partial charge in [0.05, 0.1) is 14.2 Å². The van der Waals surface area contributed by atoms with Crippen LogP contribution in [0, 0.1) is 0 Å². The van der Waals surface area contributed by atoms with Crippen LogP contribution in [0.5, 0.6) is 11.5 Å². The van der Waals surface area contributed by atoms with E-state index in [4.69, 9.17) is 9.47 Å². The van der Waals surface area contributed by atoms with Crippen LogP contribution in [0.4, 0.5) is 4.79 Å². The summed E-state index contributed by atoms with van der Waals surface area (Å²) in [6.45, 7) is -0.00646. The average molecular weight is 474 g/mol. The molecule has 3 aromatic rings. The van der Waals surface area contributed by atoms with E-state index in [2.05, 4.69) is 5.32 Å². The van der Waals surface area contributed by atoms with Gasteiger partial charge in [-0.05, 0) is 41.0 Å². The molecule has 0 atom stereocenters. The van der Waals surface area contributed by atoms with Crippen molar-refractivity contribution >= 4 is 17.8 Å². The van der Waals surface area contributed by atoms with Crippen molar-refractivity contribution in [2.45, 2.75) is 12.1 Å². The fraction of sp³-hybridized carbons (Fsp3) is 0.222. The molecule has 35 heavy (non-hydrogen) atoms. The zero-order valence-electron chi connectivity index (χ0n) is 19.9. The van der Waals surface area contributed by atoms with E-state index in [0.717, 1.165) is 10.5 Å². The van der Waals surface area contributed by atoms with Crippen LogP contribution in [0.2, 0.25) is 0 Å². The first-order valence-electron chi connectivity index (χ1n) is 11.1. The summed E-state index contributed by atoms with van der Waals surface area (Å²) < 4.78 is 10.5. The summed E-state index contributed by atoms with van der Waals surface area (Å²) in [6, 6.07) is 22.7. The van der Waals surface area contributed by atoms with E-state index in [9.17, 15) is 14.4 Å². The molecule has 1 fully saturated rings. The van der Waals surface area contributed by atoms with Gasteiger partial charge in [0.2, 0.25) is 5.91 Å². The van der Waals surface area contributed by atoms with E-state index in [1.54, 1.807) is 69.8 Å². The number of amides is 4. The topological polar surface area (TPSA) is 88.2 Å². The predicted octanol–water partition coefficient (Wildman–Crippen LogP) is 3.16. The predicted molar refractivity (Wildman–Crippen MR) is 130 cm³/mol. The third-order valence-corrected chi connectivity index (χ3v) is 6.13. The molecule has 3 aromatic carbocycles. The number of carbonyl (C=O) groups is 3. The van der Waals surface area contributed by atoms with Crippen LogP contribution < -0.4 is 14.8 Å². The maximum absolute atomic E-state index is 13.9. The first kappa shape index (κ1) is 23.8. The van der Waals surface area contributed by atoms with Crippen LogP contribution in [-0.4, -0.2) is 55.5 Å². The first-order valence-corrected chi connectivity index (χ1v) is 11.1. The Hall–Kier alpha value is -4.33. The number of likely N-dealkylation sites (N-methyl/N-ethyl adjacent to an activating group) is 1. The molecule has 0 bridgehead atoms. The minimum absolute atomic E-state index is 0.349. The highest BCUT2D eigenvalue weighted by atomic mass is 16.5. The van der Waals surface area contributed by atoms with E-state index in [1.165, 1.54) is 4.90 Å². The molecule has 8 heteroatoms. The van der Waals surface area contributed by atoms with Crippen molar-refractivity contribution in [1.82, 2.24) is 15.1 Å². The van der Waals surface area contributed by atoms with Crippen LogP contribution >= 0.6 is 0 Å². The number of carbonyl (C=O) groups excluding carboxylic acids is 3. The van der Waals surface area contributed by atoms with E-state index in [0.29, 0.717) is 29.2 Å². The lowest BCUT2D eigenvalue weighted by atomic mass is 9.82. The average Bonchev–Trinajstić information content (AvgIpc) is 3.15. The highest BCUT2D eigenvalue weighted by Gasteiger charge is 2.54. The maximum Gasteiger partial charge on any atom is 0.326 e. The van der Waals surface area contributed by atoms with Gasteiger partial charge in [-0.3, -0.25) is 14.5 Å². The van der Waals surface area contributed by atoms with Crippen molar-refractivity contribution in [3.8, 4) is 11.5 Å². The fourth-order valence-corrected chi connectivity index (χ4v) is 4.16. The van der Waals surface area contributed by atoms with Gasteiger partial charge < -0.3 is 19.7 Å². The molecule has 1 saturated heterocycles. The first-order chi connectivity index (χ1) is 16.9. The summed E-state index contributed by atoms with van der Waals surface area (Å²) in [6.07, 6.45) is 0. The SMILES string of the molecule is COc1ccc(C2(c3ccc(OC)cc3)NC(=O)N(CC(=O)N(C)Cc3ccccc3)C2=O)cc1. The lowest BCUT2D eigenvalue weighted by Crippen LogP contribution is -2.46. The fourth-order valence-electron chi connectivity index (χ4n) is 4.16. The highest BCUT2D eigenvalue weighted by Crippen LogP contribution is 2.37. The number of methoxy groups -OCH3 is 2. The molecule has 1 heterocycles. The van der Waals surface area contributed by atoms with Crippen molar-refractivity contribution in [3.63, 3.8) is 0 Å². The number of nitrogens with one attached hydrogen (secondary N) is 1. The van der Waals surface area contributed by atoms with Crippen LogP contribution in [0.25, 0.3) is 0 Å². The van der Waals surface area contributed by atoms with Crippen molar-refractivity contribution in [1.29, 1.82) is 0 Å². The molecule has 180 valence electrons. The summed E-state index contributed by atoms with van der Waals surface area (Å²) >= 11 is 0. The Morgan fingerprint density at radius 3 is 1.86 bits per heavy atom. The van der Waals surface area contributed by atoms with E-state index in [1.807, 2.05) is 30.3 Å². The zero-order valence-corrected chi connectivity index (χ0v) is 19.9. The summed E-state index contributed by atoms with van der Waals surface area (Å²) in [4.78, 5) is 42.4. The van der Waals surface area contributed by atoms with Crippen LogP contribution in [0.15, 0.2) is 78.9 Å². The van der Waals surface area contributed by atoms with Crippen LogP contribution in [0.1, 0.15) is 16.7 Å². The summed E-state index contributed by atoms with van der Waals surface area (Å²) in [7, 11) is 4.75. The lowest BCUT2D eigenvalue weighted by Gasteiger charge is -2.28. The minimum atomic E-state index is -1.49. The molecule has 8 nitrogen and oxygen atoms in total. The molecule has 0 aromatic heterocycles. The maximum atomic E-state index is 13.9. The van der Waals surface area contributed by atoms with E-state index < -0.39 is 17.5 Å². The minimum Gasteiger partial charge on any atom is -0.497 e. The van der Waals surface area contributed by atoms with Gasteiger partial charge in [-0.25, -0.2) is 4.79 Å². The van der Waals surface area contributed by atoms with E-state index >= 15 is 0 Å². The number of hydrogen-bond donors (Lipinski definition) is 1. The molecule has 0 spiro atoms. The number of imide groups is 1. The smallest absolute Gasteiger partial charge is 0.326 e. The highest BCUT2D eigenvalue weighted by molar-refractivity contribution is 6.11. The van der Waals surface area contributed by atoms with Crippen LogP contribution in [-0.2, 0) is 21.7 Å². The molecule has 0 saturated carbocycles. The Morgan fingerprint density at radius 2 is 1.37 bits per heavy atom. The monoisotopic (exact) mass is 473 g/mol. The van der Waals surface area contributed by atoms with Crippen molar-refractivity contribution in [2.75, 3.05) is 27.8 Å². The van der Waals surface area contributed by atoms with Crippen molar-refractivity contribution in [2.24, 2.45) is 0 Å². The lowest BCUT2D eigenvalue weighted by molar-refractivity contribution is -0.138. The second-order valence-electron chi connectivity index (χ2n) is 8.26. The quantitative estimate of drug-likeness (QED) is 0.508. The number of nitrogens with zero attached hydrogens (tertiary/aromatic N) is 2. The van der Waals surface area contributed by atoms with E-state index in [-0.39, 0.29) is 12.5 Å². The standard InChI is InChI=1S/C27H27N3O5/c1-29(17-19-7-5-4-6-8-19)24(31)18-30-25(32)27(28-26(30)33,20-9-13-22(34-2)14-10-20)21-11-15-23(35-3)16-12-21/h4-16H,17-18H2,1-3H3,(H,28,33). The van der Waals surface area contributed by atoms with Crippen LogP contribution in [0.3, 0.4) is 0 Å². The molecule has 4 rings (SSSR count). The van der Waals surface area contributed by atoms with Gasteiger partial charge in [0.1, 0.15) is 18.0 Å². The molecule has 4 amide bonds. The second-order valence-corrected chi connectivity index (χ2v) is 8.26. The molecule has 1 aliphatic heterocycles. The molecule has 0 radical (unpaired) electrons.